The molecule has 0 aromatic heterocycles. The molecule has 2 amide bonds. The maximum atomic E-state index is 13.0. The molecule has 0 unspecified atom stereocenters. The van der Waals surface area contributed by atoms with Crippen molar-refractivity contribution in [2.75, 3.05) is 26.3 Å². The fraction of sp³-hybridized carbons (Fsp3) is 0.529. The Kier molecular flexibility index (Phi) is 4.35. The Morgan fingerprint density at radius 3 is 2.74 bits per heavy atom. The van der Waals surface area contributed by atoms with Gasteiger partial charge in [-0.15, -0.1) is 0 Å². The summed E-state index contributed by atoms with van der Waals surface area (Å²) in [5.74, 6) is -0.171. The van der Waals surface area contributed by atoms with E-state index in [2.05, 4.69) is 0 Å². The van der Waals surface area contributed by atoms with Crippen molar-refractivity contribution >= 4 is 11.8 Å². The second-order valence-electron chi connectivity index (χ2n) is 6.23. The number of carbonyl (C=O) groups is 2. The number of carbonyl (C=O) groups excluding carboxylic acids is 2. The summed E-state index contributed by atoms with van der Waals surface area (Å²) in [6.07, 6.45) is 0.837. The van der Waals surface area contributed by atoms with Gasteiger partial charge in [0.15, 0.2) is 0 Å². The van der Waals surface area contributed by atoms with Crippen LogP contribution in [0.5, 0.6) is 0 Å². The van der Waals surface area contributed by atoms with Gasteiger partial charge in [0.2, 0.25) is 11.8 Å². The first kappa shape index (κ1) is 15.9. The highest BCUT2D eigenvalue weighted by Gasteiger charge is 2.53. The van der Waals surface area contributed by atoms with Crippen LogP contribution >= 0.6 is 0 Å². The average Bonchev–Trinajstić information content (AvgIpc) is 2.78. The zero-order valence-corrected chi connectivity index (χ0v) is 13.3. The molecule has 6 heteroatoms. The summed E-state index contributed by atoms with van der Waals surface area (Å²) >= 11 is 0. The fourth-order valence-corrected chi connectivity index (χ4v) is 3.30. The minimum absolute atomic E-state index is 0.0451. The van der Waals surface area contributed by atoms with Gasteiger partial charge in [0.1, 0.15) is 5.82 Å². The highest BCUT2D eigenvalue weighted by atomic mass is 19.1. The maximum Gasteiger partial charge on any atom is 0.226 e. The molecule has 0 saturated carbocycles. The quantitative estimate of drug-likeness (QED) is 0.794. The molecule has 23 heavy (non-hydrogen) atoms. The van der Waals surface area contributed by atoms with E-state index in [1.807, 2.05) is 6.92 Å². The van der Waals surface area contributed by atoms with Gasteiger partial charge in [-0.3, -0.25) is 9.59 Å². The number of benzene rings is 1. The zero-order chi connectivity index (χ0) is 16.4. The lowest BCUT2D eigenvalue weighted by Crippen LogP contribution is -2.69. The SMILES string of the molecule is CCC(=O)N1CCOC[C@@]2(CC(=O)N2Cc2ccc(F)cc2)C1. The van der Waals surface area contributed by atoms with Crippen LogP contribution in [-0.2, 0) is 20.9 Å². The molecule has 2 heterocycles. The van der Waals surface area contributed by atoms with Gasteiger partial charge in [-0.05, 0) is 17.7 Å². The number of hydrogen-bond donors (Lipinski definition) is 0. The summed E-state index contributed by atoms with van der Waals surface area (Å²) in [7, 11) is 0. The number of ether oxygens (including phenoxy) is 1. The number of likely N-dealkylation sites (tertiary alicyclic amines) is 1. The Morgan fingerprint density at radius 2 is 2.09 bits per heavy atom. The van der Waals surface area contributed by atoms with Gasteiger partial charge in [-0.2, -0.15) is 0 Å². The third kappa shape index (κ3) is 3.08. The molecular weight excluding hydrogens is 299 g/mol. The Hall–Kier alpha value is -1.95. The number of amides is 2. The van der Waals surface area contributed by atoms with Crippen molar-refractivity contribution in [1.29, 1.82) is 0 Å². The molecule has 3 rings (SSSR count). The van der Waals surface area contributed by atoms with Crippen LogP contribution in [0.2, 0.25) is 0 Å². The summed E-state index contributed by atoms with van der Waals surface area (Å²) in [6, 6.07) is 6.15. The molecule has 1 spiro atoms. The van der Waals surface area contributed by atoms with E-state index < -0.39 is 5.54 Å². The molecule has 2 saturated heterocycles. The number of nitrogens with zero attached hydrogens (tertiary/aromatic N) is 2. The molecule has 0 radical (unpaired) electrons. The third-order valence-electron chi connectivity index (χ3n) is 4.62. The molecule has 2 fully saturated rings. The molecule has 2 aliphatic rings. The molecule has 124 valence electrons. The van der Waals surface area contributed by atoms with Crippen molar-refractivity contribution < 1.29 is 18.7 Å². The van der Waals surface area contributed by atoms with Crippen LogP contribution in [0.3, 0.4) is 0 Å². The molecule has 0 bridgehead atoms. The molecular formula is C17H21FN2O3. The number of hydrogen-bond acceptors (Lipinski definition) is 3. The van der Waals surface area contributed by atoms with E-state index in [1.54, 1.807) is 21.9 Å². The Morgan fingerprint density at radius 1 is 1.35 bits per heavy atom. The molecule has 1 aromatic rings. The lowest BCUT2D eigenvalue weighted by Gasteiger charge is -2.52. The molecule has 5 nitrogen and oxygen atoms in total. The van der Waals surface area contributed by atoms with E-state index in [1.165, 1.54) is 12.1 Å². The van der Waals surface area contributed by atoms with E-state index >= 15 is 0 Å². The normalized spacial score (nSPS) is 24.5. The largest absolute Gasteiger partial charge is 0.377 e. The predicted molar refractivity (Wildman–Crippen MR) is 82.0 cm³/mol. The molecule has 1 atom stereocenters. The van der Waals surface area contributed by atoms with Gasteiger partial charge < -0.3 is 14.5 Å². The first-order valence-corrected chi connectivity index (χ1v) is 7.94. The van der Waals surface area contributed by atoms with Crippen LogP contribution in [0.15, 0.2) is 24.3 Å². The van der Waals surface area contributed by atoms with Gasteiger partial charge in [0.25, 0.3) is 0 Å². The summed E-state index contributed by atoms with van der Waals surface area (Å²) in [5.41, 5.74) is 0.420. The van der Waals surface area contributed by atoms with Crippen LogP contribution in [0, 0.1) is 5.82 Å². The van der Waals surface area contributed by atoms with Gasteiger partial charge >= 0.3 is 0 Å². The van der Waals surface area contributed by atoms with Crippen molar-refractivity contribution in [2.45, 2.75) is 31.8 Å². The van der Waals surface area contributed by atoms with Gasteiger partial charge in [-0.25, -0.2) is 4.39 Å². The van der Waals surface area contributed by atoms with Gasteiger partial charge in [-0.1, -0.05) is 19.1 Å². The van der Waals surface area contributed by atoms with Crippen molar-refractivity contribution in [2.24, 2.45) is 0 Å². The lowest BCUT2D eigenvalue weighted by atomic mass is 9.83. The smallest absolute Gasteiger partial charge is 0.226 e. The first-order chi connectivity index (χ1) is 11.0. The molecule has 0 aliphatic carbocycles. The minimum atomic E-state index is -0.452. The predicted octanol–water partition coefficient (Wildman–Crippen LogP) is 1.57. The summed E-state index contributed by atoms with van der Waals surface area (Å²) in [6.45, 7) is 4.25. The van der Waals surface area contributed by atoms with Crippen molar-refractivity contribution in [3.05, 3.63) is 35.6 Å². The van der Waals surface area contributed by atoms with Crippen molar-refractivity contribution in [3.63, 3.8) is 0 Å². The zero-order valence-electron chi connectivity index (χ0n) is 13.3. The standard InChI is InChI=1S/C17H21FN2O3/c1-2-15(21)19-7-8-23-12-17(11-19)9-16(22)20(17)10-13-3-5-14(18)6-4-13/h3-6H,2,7-12H2,1H3/t17-/m1/s1. The minimum Gasteiger partial charge on any atom is -0.377 e. The fourth-order valence-electron chi connectivity index (χ4n) is 3.30. The van der Waals surface area contributed by atoms with E-state index in [0.717, 1.165) is 5.56 Å². The maximum absolute atomic E-state index is 13.0. The van der Waals surface area contributed by atoms with Crippen LogP contribution in [0.1, 0.15) is 25.3 Å². The summed E-state index contributed by atoms with van der Waals surface area (Å²) in [4.78, 5) is 27.7. The third-order valence-corrected chi connectivity index (χ3v) is 4.62. The summed E-state index contributed by atoms with van der Waals surface area (Å²) in [5, 5.41) is 0. The Labute approximate surface area is 135 Å². The van der Waals surface area contributed by atoms with Crippen LogP contribution in [0.25, 0.3) is 0 Å². The van der Waals surface area contributed by atoms with E-state index in [0.29, 0.717) is 45.7 Å². The summed E-state index contributed by atoms with van der Waals surface area (Å²) < 4.78 is 18.7. The van der Waals surface area contributed by atoms with E-state index in [-0.39, 0.29) is 17.6 Å². The van der Waals surface area contributed by atoms with Gasteiger partial charge in [0, 0.05) is 26.1 Å². The molecule has 1 aromatic carbocycles. The lowest BCUT2D eigenvalue weighted by molar-refractivity contribution is -0.166. The van der Waals surface area contributed by atoms with Crippen LogP contribution < -0.4 is 0 Å². The van der Waals surface area contributed by atoms with E-state index in [4.69, 9.17) is 4.74 Å². The highest BCUT2D eigenvalue weighted by Crippen LogP contribution is 2.36. The van der Waals surface area contributed by atoms with Crippen molar-refractivity contribution in [3.8, 4) is 0 Å². The highest BCUT2D eigenvalue weighted by molar-refractivity contribution is 5.86. The van der Waals surface area contributed by atoms with E-state index in [9.17, 15) is 14.0 Å². The van der Waals surface area contributed by atoms with Gasteiger partial charge in [0.05, 0.1) is 25.2 Å². The second kappa shape index (κ2) is 6.28. The second-order valence-corrected chi connectivity index (χ2v) is 6.23. The monoisotopic (exact) mass is 320 g/mol. The van der Waals surface area contributed by atoms with Crippen LogP contribution in [0.4, 0.5) is 4.39 Å². The van der Waals surface area contributed by atoms with Crippen LogP contribution in [-0.4, -0.2) is 53.5 Å². The number of rotatable bonds is 3. The molecule has 2 aliphatic heterocycles. The first-order valence-electron chi connectivity index (χ1n) is 7.94. The Balaban J connectivity index is 1.77. The molecule has 0 N–H and O–H groups in total. The number of β-lactam (4-membered cyclic amide) rings is 1. The number of halogens is 1. The van der Waals surface area contributed by atoms with Crippen molar-refractivity contribution in [1.82, 2.24) is 9.80 Å². The topological polar surface area (TPSA) is 49.9 Å². The Bertz CT molecular complexity index is 604. The average molecular weight is 320 g/mol.